The van der Waals surface area contributed by atoms with Crippen LogP contribution in [0.2, 0.25) is 0 Å². The van der Waals surface area contributed by atoms with E-state index in [-0.39, 0.29) is 24.1 Å². The Bertz CT molecular complexity index is 281. The smallest absolute Gasteiger partial charge is 0.309 e. The molecular weight excluding hydrogens is 260 g/mol. The maximum absolute atomic E-state index is 11.7. The fourth-order valence-corrected chi connectivity index (χ4v) is 3.89. The van der Waals surface area contributed by atoms with Crippen molar-refractivity contribution in [3.63, 3.8) is 0 Å². The highest BCUT2D eigenvalue weighted by atomic mass is 79.9. The third kappa shape index (κ3) is 1.62. The van der Waals surface area contributed by atoms with Crippen LogP contribution >= 0.6 is 15.9 Å². The second-order valence-electron chi connectivity index (χ2n) is 4.98. The van der Waals surface area contributed by atoms with Gasteiger partial charge in [-0.05, 0) is 37.5 Å². The second-order valence-corrected chi connectivity index (χ2v) is 5.44. The lowest BCUT2D eigenvalue weighted by Gasteiger charge is -2.41. The molecule has 15 heavy (non-hydrogen) atoms. The zero-order valence-electron chi connectivity index (χ0n) is 8.52. The van der Waals surface area contributed by atoms with Crippen molar-refractivity contribution in [3.05, 3.63) is 0 Å². The van der Waals surface area contributed by atoms with E-state index in [9.17, 15) is 4.79 Å². The highest BCUT2D eigenvalue weighted by Gasteiger charge is 2.50. The first-order valence-electron chi connectivity index (χ1n) is 5.66. The van der Waals surface area contributed by atoms with Crippen LogP contribution in [0.4, 0.5) is 0 Å². The van der Waals surface area contributed by atoms with Gasteiger partial charge in [0.25, 0.3) is 0 Å². The molecule has 3 nitrogen and oxygen atoms in total. The SMILES string of the molecule is O=C1OC2CC3CC1CC(C3)C2OCBr. The van der Waals surface area contributed by atoms with Gasteiger partial charge in [-0.15, -0.1) is 0 Å². The van der Waals surface area contributed by atoms with Gasteiger partial charge < -0.3 is 9.47 Å². The van der Waals surface area contributed by atoms with Gasteiger partial charge in [0.1, 0.15) is 11.6 Å². The summed E-state index contributed by atoms with van der Waals surface area (Å²) in [5, 5.41) is 0. The summed E-state index contributed by atoms with van der Waals surface area (Å²) in [5.74, 6) is 1.41. The van der Waals surface area contributed by atoms with Crippen LogP contribution in [-0.2, 0) is 14.3 Å². The molecule has 2 heterocycles. The van der Waals surface area contributed by atoms with Crippen LogP contribution in [0, 0.1) is 17.8 Å². The first kappa shape index (κ1) is 10.1. The van der Waals surface area contributed by atoms with Gasteiger partial charge in [-0.1, -0.05) is 15.9 Å². The van der Waals surface area contributed by atoms with E-state index >= 15 is 0 Å². The van der Waals surface area contributed by atoms with E-state index in [1.165, 1.54) is 6.42 Å². The van der Waals surface area contributed by atoms with Crippen molar-refractivity contribution in [1.82, 2.24) is 0 Å². The fraction of sp³-hybridized carbons (Fsp3) is 0.909. The van der Waals surface area contributed by atoms with Crippen LogP contribution in [0.3, 0.4) is 0 Å². The molecule has 0 aromatic heterocycles. The normalized spacial score (nSPS) is 47.8. The number of carbonyl (C=O) groups is 1. The maximum Gasteiger partial charge on any atom is 0.309 e. The van der Waals surface area contributed by atoms with Gasteiger partial charge in [-0.25, -0.2) is 0 Å². The van der Waals surface area contributed by atoms with Gasteiger partial charge in [-0.2, -0.15) is 0 Å². The molecule has 0 aromatic carbocycles. The molecule has 2 aliphatic heterocycles. The van der Waals surface area contributed by atoms with E-state index in [4.69, 9.17) is 9.47 Å². The van der Waals surface area contributed by atoms with E-state index in [1.54, 1.807) is 0 Å². The number of halogens is 1. The number of hydrogen-bond donors (Lipinski definition) is 0. The minimum atomic E-state index is 0.0197. The summed E-state index contributed by atoms with van der Waals surface area (Å²) in [4.78, 5) is 11.7. The molecule has 4 heteroatoms. The van der Waals surface area contributed by atoms with Crippen molar-refractivity contribution in [2.75, 3.05) is 5.52 Å². The Morgan fingerprint density at radius 3 is 3.00 bits per heavy atom. The van der Waals surface area contributed by atoms with E-state index in [1.807, 2.05) is 0 Å². The van der Waals surface area contributed by atoms with Crippen molar-refractivity contribution in [2.45, 2.75) is 37.9 Å². The Labute approximate surface area is 97.6 Å². The standard InChI is InChI=1S/C11H15BrO3/c12-5-14-10-7-1-6-2-8(4-7)11(13)15-9(10)3-6/h6-10H,1-5H2. The molecule has 2 aliphatic carbocycles. The van der Waals surface area contributed by atoms with E-state index in [0.717, 1.165) is 19.3 Å². The zero-order chi connectivity index (χ0) is 10.4. The summed E-state index contributed by atoms with van der Waals surface area (Å²) in [5.41, 5.74) is 0.539. The maximum atomic E-state index is 11.7. The van der Waals surface area contributed by atoms with Crippen molar-refractivity contribution in [1.29, 1.82) is 0 Å². The molecule has 0 N–H and O–H groups in total. The monoisotopic (exact) mass is 274 g/mol. The Balaban J connectivity index is 1.87. The molecule has 4 rings (SSSR count). The minimum Gasteiger partial charge on any atom is -0.459 e. The van der Waals surface area contributed by atoms with Crippen LogP contribution in [-0.4, -0.2) is 23.7 Å². The lowest BCUT2D eigenvalue weighted by atomic mass is 9.67. The Morgan fingerprint density at radius 2 is 2.20 bits per heavy atom. The topological polar surface area (TPSA) is 35.5 Å². The summed E-state index contributed by atoms with van der Waals surface area (Å²) in [6.07, 6.45) is 4.41. The van der Waals surface area contributed by atoms with Gasteiger partial charge in [-0.3, -0.25) is 4.79 Å². The number of hydrogen-bond acceptors (Lipinski definition) is 3. The number of esters is 1. The van der Waals surface area contributed by atoms with Gasteiger partial charge >= 0.3 is 5.97 Å². The average Bonchev–Trinajstić information content (AvgIpc) is 2.37. The van der Waals surface area contributed by atoms with Crippen molar-refractivity contribution >= 4 is 21.9 Å². The van der Waals surface area contributed by atoms with Crippen LogP contribution < -0.4 is 0 Å². The van der Waals surface area contributed by atoms with E-state index in [2.05, 4.69) is 15.9 Å². The second kappa shape index (κ2) is 3.74. The average molecular weight is 275 g/mol. The first-order chi connectivity index (χ1) is 7.28. The number of ether oxygens (including phenoxy) is 2. The summed E-state index contributed by atoms with van der Waals surface area (Å²) >= 11 is 3.30. The number of rotatable bonds is 2. The van der Waals surface area contributed by atoms with Gasteiger partial charge in [0.2, 0.25) is 0 Å². The Kier molecular flexibility index (Phi) is 2.51. The van der Waals surface area contributed by atoms with E-state index < -0.39 is 0 Å². The van der Waals surface area contributed by atoms with Crippen LogP contribution in [0.1, 0.15) is 25.7 Å². The van der Waals surface area contributed by atoms with E-state index in [0.29, 0.717) is 17.4 Å². The van der Waals surface area contributed by atoms with Gasteiger partial charge in [0, 0.05) is 0 Å². The molecule has 5 unspecified atom stereocenters. The van der Waals surface area contributed by atoms with Crippen molar-refractivity contribution in [2.24, 2.45) is 17.8 Å². The van der Waals surface area contributed by atoms with Crippen molar-refractivity contribution in [3.8, 4) is 0 Å². The lowest BCUT2D eigenvalue weighted by Crippen LogP contribution is -2.44. The minimum absolute atomic E-state index is 0.0197. The molecule has 5 atom stereocenters. The first-order valence-corrected chi connectivity index (χ1v) is 6.78. The molecule has 4 fully saturated rings. The predicted octanol–water partition coefficient (Wildman–Crippen LogP) is 2.09. The molecule has 0 aromatic rings. The van der Waals surface area contributed by atoms with Crippen molar-refractivity contribution < 1.29 is 14.3 Å². The summed E-state index contributed by atoms with van der Waals surface area (Å²) in [6, 6.07) is 0. The Morgan fingerprint density at radius 1 is 1.33 bits per heavy atom. The molecule has 4 aliphatic rings. The molecule has 0 amide bonds. The number of carbonyl (C=O) groups excluding carboxylic acids is 1. The highest BCUT2D eigenvalue weighted by molar-refractivity contribution is 9.09. The third-order valence-corrected chi connectivity index (χ3v) is 4.36. The molecule has 0 spiro atoms. The fourth-order valence-electron chi connectivity index (χ4n) is 3.58. The molecule has 4 bridgehead atoms. The third-order valence-electron chi connectivity index (χ3n) is 4.09. The zero-order valence-corrected chi connectivity index (χ0v) is 10.1. The van der Waals surface area contributed by atoms with Crippen LogP contribution in [0.15, 0.2) is 0 Å². The summed E-state index contributed by atoms with van der Waals surface area (Å²) in [6.45, 7) is 0. The molecule has 2 saturated heterocycles. The quantitative estimate of drug-likeness (QED) is 0.572. The predicted molar refractivity (Wildman–Crippen MR) is 57.5 cm³/mol. The summed E-state index contributed by atoms with van der Waals surface area (Å²) in [7, 11) is 0. The largest absolute Gasteiger partial charge is 0.459 e. The van der Waals surface area contributed by atoms with Crippen LogP contribution in [0.5, 0.6) is 0 Å². The molecule has 84 valence electrons. The van der Waals surface area contributed by atoms with Gasteiger partial charge in [0.05, 0.1) is 12.0 Å². The number of alkyl halides is 1. The van der Waals surface area contributed by atoms with Gasteiger partial charge in [0.15, 0.2) is 0 Å². The molecule has 0 radical (unpaired) electrons. The number of fused-ring (bicyclic) bond motifs is 1. The lowest BCUT2D eigenvalue weighted by molar-refractivity contribution is -0.158. The Hall–Kier alpha value is -0.0900. The molecular formula is C11H15BrO3. The highest BCUT2D eigenvalue weighted by Crippen LogP contribution is 2.48. The summed E-state index contributed by atoms with van der Waals surface area (Å²) < 4.78 is 11.2. The molecule has 2 saturated carbocycles. The van der Waals surface area contributed by atoms with Crippen LogP contribution in [0.25, 0.3) is 0 Å².